The zero-order valence-electron chi connectivity index (χ0n) is 17.9. The maximum atomic E-state index is 11.8. The first-order valence-corrected chi connectivity index (χ1v) is 11.7. The Morgan fingerprint density at radius 1 is 0.786 bits per heavy atom. The first-order chi connectivity index (χ1) is 13.8. The Bertz CT molecular complexity index is 514. The fourth-order valence-corrected chi connectivity index (χ4v) is 3.80. The molecule has 28 heavy (non-hydrogen) atoms. The Balaban J connectivity index is 1.33. The number of unbranched alkanes of at least 4 members (excludes halogenated alkanes) is 10. The van der Waals surface area contributed by atoms with Gasteiger partial charge in [0.1, 0.15) is 0 Å². The molecule has 158 valence electrons. The standard InChI is InChI=1S/C25H40O3/c1-2-3-4-5-6-7-8-9-10-11-15-19-23-24(28-23)20-16-21-27-25(26)22-17-13-12-14-18-22/h12-14,17-18,23-24H,2-11,15-16,19-21H2,1H3. The average molecular weight is 389 g/mol. The van der Waals surface area contributed by atoms with Crippen LogP contribution in [0.5, 0.6) is 0 Å². The van der Waals surface area contributed by atoms with Crippen molar-refractivity contribution in [3.8, 4) is 0 Å². The van der Waals surface area contributed by atoms with E-state index < -0.39 is 0 Å². The Labute approximate surface area is 172 Å². The van der Waals surface area contributed by atoms with Crippen molar-refractivity contribution in [3.05, 3.63) is 35.9 Å². The number of epoxide rings is 1. The van der Waals surface area contributed by atoms with E-state index in [9.17, 15) is 4.79 Å². The minimum atomic E-state index is -0.227. The molecule has 3 heteroatoms. The molecule has 0 aliphatic carbocycles. The molecule has 2 atom stereocenters. The lowest BCUT2D eigenvalue weighted by atomic mass is 10.0. The summed E-state index contributed by atoms with van der Waals surface area (Å²) in [6.45, 7) is 2.76. The van der Waals surface area contributed by atoms with Gasteiger partial charge in [0.25, 0.3) is 0 Å². The van der Waals surface area contributed by atoms with Gasteiger partial charge < -0.3 is 9.47 Å². The fourth-order valence-electron chi connectivity index (χ4n) is 3.80. The van der Waals surface area contributed by atoms with Gasteiger partial charge in [0.15, 0.2) is 0 Å². The molecule has 0 radical (unpaired) electrons. The zero-order chi connectivity index (χ0) is 19.9. The predicted octanol–water partition coefficient (Wildman–Crippen LogP) is 7.09. The molecule has 1 aliphatic heterocycles. The van der Waals surface area contributed by atoms with E-state index in [1.807, 2.05) is 18.2 Å². The molecule has 2 rings (SSSR count). The summed E-state index contributed by atoms with van der Waals surface area (Å²) in [4.78, 5) is 11.8. The Kier molecular flexibility index (Phi) is 12.0. The molecule has 0 bridgehead atoms. The van der Waals surface area contributed by atoms with Crippen molar-refractivity contribution in [1.82, 2.24) is 0 Å². The third kappa shape index (κ3) is 10.3. The number of hydrogen-bond acceptors (Lipinski definition) is 3. The summed E-state index contributed by atoms with van der Waals surface area (Å²) in [6, 6.07) is 9.19. The maximum absolute atomic E-state index is 11.8. The van der Waals surface area contributed by atoms with Gasteiger partial charge >= 0.3 is 5.97 Å². The molecule has 1 saturated heterocycles. The smallest absolute Gasteiger partial charge is 0.338 e. The second kappa shape index (κ2) is 14.6. The van der Waals surface area contributed by atoms with Gasteiger partial charge in [-0.2, -0.15) is 0 Å². The highest BCUT2D eigenvalue weighted by Gasteiger charge is 2.37. The van der Waals surface area contributed by atoms with E-state index in [4.69, 9.17) is 9.47 Å². The molecule has 1 aliphatic rings. The molecule has 3 nitrogen and oxygen atoms in total. The molecule has 0 spiro atoms. The number of carbonyl (C=O) groups excluding carboxylic acids is 1. The summed E-state index contributed by atoms with van der Waals surface area (Å²) in [6.07, 6.45) is 19.2. The number of ether oxygens (including phenoxy) is 2. The van der Waals surface area contributed by atoms with Gasteiger partial charge in [-0.1, -0.05) is 95.8 Å². The van der Waals surface area contributed by atoms with Crippen LogP contribution in [0.3, 0.4) is 0 Å². The van der Waals surface area contributed by atoms with Crippen molar-refractivity contribution in [3.63, 3.8) is 0 Å². The Morgan fingerprint density at radius 2 is 1.32 bits per heavy atom. The number of esters is 1. The molecule has 0 amide bonds. The minimum absolute atomic E-state index is 0.227. The Morgan fingerprint density at radius 3 is 1.93 bits per heavy atom. The van der Waals surface area contributed by atoms with Gasteiger partial charge in [-0.3, -0.25) is 0 Å². The van der Waals surface area contributed by atoms with Crippen LogP contribution in [0, 0.1) is 0 Å². The van der Waals surface area contributed by atoms with E-state index in [1.54, 1.807) is 12.1 Å². The van der Waals surface area contributed by atoms with Crippen LogP contribution in [0.2, 0.25) is 0 Å². The quantitative estimate of drug-likeness (QED) is 0.162. The van der Waals surface area contributed by atoms with Gasteiger partial charge in [-0.05, 0) is 31.4 Å². The molecule has 1 heterocycles. The van der Waals surface area contributed by atoms with Crippen LogP contribution in [-0.2, 0) is 9.47 Å². The van der Waals surface area contributed by atoms with Gasteiger partial charge in [-0.15, -0.1) is 0 Å². The summed E-state index contributed by atoms with van der Waals surface area (Å²) >= 11 is 0. The summed E-state index contributed by atoms with van der Waals surface area (Å²) in [7, 11) is 0. The summed E-state index contributed by atoms with van der Waals surface area (Å²) < 4.78 is 11.1. The van der Waals surface area contributed by atoms with Crippen molar-refractivity contribution in [1.29, 1.82) is 0 Å². The predicted molar refractivity (Wildman–Crippen MR) is 116 cm³/mol. The molecule has 0 aromatic heterocycles. The van der Waals surface area contributed by atoms with E-state index in [2.05, 4.69) is 6.92 Å². The van der Waals surface area contributed by atoms with Crippen LogP contribution < -0.4 is 0 Å². The van der Waals surface area contributed by atoms with Crippen LogP contribution >= 0.6 is 0 Å². The summed E-state index contributed by atoms with van der Waals surface area (Å²) in [5.41, 5.74) is 0.625. The largest absolute Gasteiger partial charge is 0.462 e. The molecule has 1 fully saturated rings. The highest BCUT2D eigenvalue weighted by Crippen LogP contribution is 2.31. The van der Waals surface area contributed by atoms with Gasteiger partial charge in [0.05, 0.1) is 24.4 Å². The molecule has 1 aromatic carbocycles. The van der Waals surface area contributed by atoms with Crippen molar-refractivity contribution < 1.29 is 14.3 Å². The van der Waals surface area contributed by atoms with Crippen molar-refractivity contribution in [2.45, 2.75) is 109 Å². The monoisotopic (exact) mass is 388 g/mol. The second-order valence-corrected chi connectivity index (χ2v) is 8.18. The number of carbonyl (C=O) groups is 1. The first kappa shape index (κ1) is 22.9. The third-order valence-electron chi connectivity index (χ3n) is 5.66. The molecular formula is C25H40O3. The fraction of sp³-hybridized carbons (Fsp3) is 0.720. The topological polar surface area (TPSA) is 38.8 Å². The second-order valence-electron chi connectivity index (χ2n) is 8.18. The van der Waals surface area contributed by atoms with Crippen molar-refractivity contribution >= 4 is 5.97 Å². The third-order valence-corrected chi connectivity index (χ3v) is 5.66. The minimum Gasteiger partial charge on any atom is -0.462 e. The van der Waals surface area contributed by atoms with E-state index in [0.29, 0.717) is 24.4 Å². The van der Waals surface area contributed by atoms with Gasteiger partial charge in [-0.25, -0.2) is 4.79 Å². The highest BCUT2D eigenvalue weighted by atomic mass is 16.6. The van der Waals surface area contributed by atoms with Crippen LogP contribution in [0.15, 0.2) is 30.3 Å². The van der Waals surface area contributed by atoms with Gasteiger partial charge in [0.2, 0.25) is 0 Å². The molecular weight excluding hydrogens is 348 g/mol. The molecule has 1 aromatic rings. The summed E-state index contributed by atoms with van der Waals surface area (Å²) in [5.74, 6) is -0.227. The maximum Gasteiger partial charge on any atom is 0.338 e. The summed E-state index contributed by atoms with van der Waals surface area (Å²) in [5, 5.41) is 0. The van der Waals surface area contributed by atoms with Crippen molar-refractivity contribution in [2.24, 2.45) is 0 Å². The van der Waals surface area contributed by atoms with E-state index >= 15 is 0 Å². The normalized spacial score (nSPS) is 18.2. The number of benzene rings is 1. The van der Waals surface area contributed by atoms with Crippen LogP contribution in [0.1, 0.15) is 107 Å². The Hall–Kier alpha value is -1.35. The van der Waals surface area contributed by atoms with Gasteiger partial charge in [0, 0.05) is 0 Å². The van der Waals surface area contributed by atoms with Crippen LogP contribution in [-0.4, -0.2) is 24.8 Å². The molecule has 2 unspecified atom stereocenters. The molecule has 0 N–H and O–H groups in total. The van der Waals surface area contributed by atoms with E-state index in [1.165, 1.54) is 77.0 Å². The average Bonchev–Trinajstić information content (AvgIpc) is 3.48. The van der Waals surface area contributed by atoms with E-state index in [-0.39, 0.29) is 5.97 Å². The number of rotatable bonds is 17. The number of hydrogen-bond donors (Lipinski definition) is 0. The van der Waals surface area contributed by atoms with Crippen LogP contribution in [0.25, 0.3) is 0 Å². The van der Waals surface area contributed by atoms with Crippen LogP contribution in [0.4, 0.5) is 0 Å². The van der Waals surface area contributed by atoms with E-state index in [0.717, 1.165) is 12.8 Å². The lowest BCUT2D eigenvalue weighted by molar-refractivity contribution is 0.0496. The highest BCUT2D eigenvalue weighted by molar-refractivity contribution is 5.89. The first-order valence-electron chi connectivity index (χ1n) is 11.7. The van der Waals surface area contributed by atoms with Crippen molar-refractivity contribution in [2.75, 3.05) is 6.61 Å². The zero-order valence-corrected chi connectivity index (χ0v) is 17.9. The molecule has 0 saturated carbocycles. The lowest BCUT2D eigenvalue weighted by Crippen LogP contribution is -2.07. The lowest BCUT2D eigenvalue weighted by Gasteiger charge is -2.04. The SMILES string of the molecule is CCCCCCCCCCCCCC1OC1CCCOC(=O)c1ccccc1.